The fourth-order valence-corrected chi connectivity index (χ4v) is 1.60. The molecule has 0 aliphatic rings. The number of hydrogen-bond acceptors (Lipinski definition) is 1. The van der Waals surface area contributed by atoms with Gasteiger partial charge in [-0.15, -0.1) is 6.58 Å². The summed E-state index contributed by atoms with van der Waals surface area (Å²) in [6.07, 6.45) is 3.81. The molecule has 1 rings (SSSR count). The SMILES string of the molecule is C=CCCCC(O)Cc1cc(F)cc(F)c1. The van der Waals surface area contributed by atoms with Crippen LogP contribution in [0.25, 0.3) is 0 Å². The fraction of sp³-hybridized carbons (Fsp3) is 0.385. The second-order valence-corrected chi connectivity index (χ2v) is 3.86. The molecule has 0 bridgehead atoms. The van der Waals surface area contributed by atoms with Gasteiger partial charge in [0.25, 0.3) is 0 Å². The molecule has 0 fully saturated rings. The average molecular weight is 226 g/mol. The van der Waals surface area contributed by atoms with E-state index >= 15 is 0 Å². The summed E-state index contributed by atoms with van der Waals surface area (Å²) in [6.45, 7) is 3.58. The Labute approximate surface area is 94.4 Å². The van der Waals surface area contributed by atoms with Crippen molar-refractivity contribution < 1.29 is 13.9 Å². The zero-order valence-corrected chi connectivity index (χ0v) is 9.13. The molecule has 0 aliphatic heterocycles. The second-order valence-electron chi connectivity index (χ2n) is 3.86. The number of rotatable bonds is 6. The number of aliphatic hydroxyl groups excluding tert-OH is 1. The minimum atomic E-state index is -0.603. The van der Waals surface area contributed by atoms with E-state index in [2.05, 4.69) is 6.58 Å². The Hall–Kier alpha value is -1.22. The standard InChI is InChI=1S/C13H16F2O/c1-2-3-4-5-13(16)8-10-6-11(14)9-12(15)7-10/h2,6-7,9,13,16H,1,3-5,8H2. The molecule has 0 aliphatic carbocycles. The predicted octanol–water partition coefficient (Wildman–Crippen LogP) is 3.22. The second kappa shape index (κ2) is 6.38. The van der Waals surface area contributed by atoms with Crippen molar-refractivity contribution in [3.63, 3.8) is 0 Å². The van der Waals surface area contributed by atoms with Gasteiger partial charge < -0.3 is 5.11 Å². The van der Waals surface area contributed by atoms with E-state index in [1.54, 1.807) is 6.08 Å². The van der Waals surface area contributed by atoms with Crippen molar-refractivity contribution in [3.05, 3.63) is 48.1 Å². The van der Waals surface area contributed by atoms with Crippen LogP contribution in [-0.4, -0.2) is 11.2 Å². The Kier molecular flexibility index (Phi) is 5.12. The van der Waals surface area contributed by atoms with Gasteiger partial charge in [-0.25, -0.2) is 8.78 Å². The van der Waals surface area contributed by atoms with Gasteiger partial charge in [0.1, 0.15) is 11.6 Å². The van der Waals surface area contributed by atoms with E-state index in [1.807, 2.05) is 0 Å². The van der Waals surface area contributed by atoms with Crippen molar-refractivity contribution in [2.75, 3.05) is 0 Å². The third kappa shape index (κ3) is 4.53. The highest BCUT2D eigenvalue weighted by molar-refractivity contribution is 5.18. The van der Waals surface area contributed by atoms with Crippen molar-refractivity contribution in [1.29, 1.82) is 0 Å². The summed E-state index contributed by atoms with van der Waals surface area (Å²) in [5, 5.41) is 9.63. The van der Waals surface area contributed by atoms with Gasteiger partial charge in [-0.3, -0.25) is 0 Å². The highest BCUT2D eigenvalue weighted by Gasteiger charge is 2.07. The minimum Gasteiger partial charge on any atom is -0.393 e. The summed E-state index contributed by atoms with van der Waals surface area (Å²) >= 11 is 0. The molecule has 1 N–H and O–H groups in total. The topological polar surface area (TPSA) is 20.2 Å². The zero-order chi connectivity index (χ0) is 12.0. The van der Waals surface area contributed by atoms with E-state index < -0.39 is 17.7 Å². The molecule has 1 aromatic rings. The third-order valence-electron chi connectivity index (χ3n) is 2.34. The molecule has 1 nitrogen and oxygen atoms in total. The highest BCUT2D eigenvalue weighted by atomic mass is 19.1. The third-order valence-corrected chi connectivity index (χ3v) is 2.34. The van der Waals surface area contributed by atoms with Crippen molar-refractivity contribution in [1.82, 2.24) is 0 Å². The van der Waals surface area contributed by atoms with Crippen molar-refractivity contribution >= 4 is 0 Å². The van der Waals surface area contributed by atoms with Crippen LogP contribution in [0.5, 0.6) is 0 Å². The first-order valence-corrected chi connectivity index (χ1v) is 5.35. The van der Waals surface area contributed by atoms with Crippen LogP contribution in [-0.2, 0) is 6.42 Å². The van der Waals surface area contributed by atoms with Crippen molar-refractivity contribution in [2.45, 2.75) is 31.8 Å². The summed E-state index contributed by atoms with van der Waals surface area (Å²) in [7, 11) is 0. The summed E-state index contributed by atoms with van der Waals surface area (Å²) in [4.78, 5) is 0. The monoisotopic (exact) mass is 226 g/mol. The normalized spacial score (nSPS) is 12.4. The van der Waals surface area contributed by atoms with Gasteiger partial charge >= 0.3 is 0 Å². The van der Waals surface area contributed by atoms with Crippen LogP contribution in [0.3, 0.4) is 0 Å². The Morgan fingerprint density at radius 1 is 1.25 bits per heavy atom. The first-order chi connectivity index (χ1) is 7.61. The van der Waals surface area contributed by atoms with E-state index in [1.165, 1.54) is 12.1 Å². The Morgan fingerprint density at radius 2 is 1.88 bits per heavy atom. The van der Waals surface area contributed by atoms with E-state index in [4.69, 9.17) is 0 Å². The van der Waals surface area contributed by atoms with Gasteiger partial charge in [0, 0.05) is 6.07 Å². The lowest BCUT2D eigenvalue weighted by atomic mass is 10.0. The minimum absolute atomic E-state index is 0.284. The molecule has 3 heteroatoms. The molecule has 0 saturated carbocycles. The lowest BCUT2D eigenvalue weighted by Gasteiger charge is -2.10. The quantitative estimate of drug-likeness (QED) is 0.583. The van der Waals surface area contributed by atoms with Crippen LogP contribution in [0.15, 0.2) is 30.9 Å². The molecule has 1 atom stereocenters. The lowest BCUT2D eigenvalue weighted by Crippen LogP contribution is -2.10. The molecule has 0 aromatic heterocycles. The number of allylic oxidation sites excluding steroid dienone is 1. The largest absolute Gasteiger partial charge is 0.393 e. The molecule has 0 amide bonds. The smallest absolute Gasteiger partial charge is 0.126 e. The van der Waals surface area contributed by atoms with Crippen LogP contribution in [0.2, 0.25) is 0 Å². The highest BCUT2D eigenvalue weighted by Crippen LogP contribution is 2.12. The molecule has 1 unspecified atom stereocenters. The van der Waals surface area contributed by atoms with Gasteiger partial charge in [0.05, 0.1) is 6.10 Å². The molecule has 88 valence electrons. The summed E-state index contributed by atoms with van der Waals surface area (Å²) in [5.41, 5.74) is 0.489. The Balaban J connectivity index is 2.48. The Bertz CT molecular complexity index is 330. The van der Waals surface area contributed by atoms with Crippen molar-refractivity contribution in [3.8, 4) is 0 Å². The maximum Gasteiger partial charge on any atom is 0.126 e. The number of unbranched alkanes of at least 4 members (excludes halogenated alkanes) is 1. The van der Waals surface area contributed by atoms with Crippen LogP contribution in [0.1, 0.15) is 24.8 Å². The molecule has 0 spiro atoms. The van der Waals surface area contributed by atoms with Crippen molar-refractivity contribution in [2.24, 2.45) is 0 Å². The van der Waals surface area contributed by atoms with E-state index in [0.717, 1.165) is 18.9 Å². The molecule has 0 radical (unpaired) electrons. The average Bonchev–Trinajstić information content (AvgIpc) is 2.16. The van der Waals surface area contributed by atoms with Crippen LogP contribution in [0, 0.1) is 11.6 Å². The zero-order valence-electron chi connectivity index (χ0n) is 9.13. The Morgan fingerprint density at radius 3 is 2.44 bits per heavy atom. The molecular formula is C13H16F2O. The predicted molar refractivity (Wildman–Crippen MR) is 60.1 cm³/mol. The van der Waals surface area contributed by atoms with Gasteiger partial charge in [-0.1, -0.05) is 6.08 Å². The molecule has 0 heterocycles. The van der Waals surface area contributed by atoms with Gasteiger partial charge in [-0.05, 0) is 43.4 Å². The lowest BCUT2D eigenvalue weighted by molar-refractivity contribution is 0.162. The van der Waals surface area contributed by atoms with E-state index in [9.17, 15) is 13.9 Å². The summed E-state index contributed by atoms with van der Waals surface area (Å²) < 4.78 is 25.7. The number of halogens is 2. The van der Waals surface area contributed by atoms with Gasteiger partial charge in [0.2, 0.25) is 0 Å². The van der Waals surface area contributed by atoms with E-state index in [0.29, 0.717) is 12.0 Å². The number of benzene rings is 1. The maximum atomic E-state index is 12.9. The fourth-order valence-electron chi connectivity index (χ4n) is 1.60. The van der Waals surface area contributed by atoms with Gasteiger partial charge in [0.15, 0.2) is 0 Å². The first kappa shape index (κ1) is 12.8. The van der Waals surface area contributed by atoms with Crippen LogP contribution >= 0.6 is 0 Å². The van der Waals surface area contributed by atoms with Gasteiger partial charge in [-0.2, -0.15) is 0 Å². The summed E-state index contributed by atoms with van der Waals surface area (Å²) in [5.74, 6) is -1.21. The molecular weight excluding hydrogens is 210 g/mol. The molecule has 1 aromatic carbocycles. The number of aliphatic hydroxyl groups is 1. The van der Waals surface area contributed by atoms with E-state index in [-0.39, 0.29) is 6.42 Å². The van der Waals surface area contributed by atoms with Crippen LogP contribution < -0.4 is 0 Å². The molecule has 0 saturated heterocycles. The first-order valence-electron chi connectivity index (χ1n) is 5.35. The number of hydrogen-bond donors (Lipinski definition) is 1. The maximum absolute atomic E-state index is 12.9. The molecule has 16 heavy (non-hydrogen) atoms. The summed E-state index contributed by atoms with van der Waals surface area (Å²) in [6, 6.07) is 3.33. The van der Waals surface area contributed by atoms with Crippen LogP contribution in [0.4, 0.5) is 8.78 Å².